The average Bonchev–Trinajstić information content (AvgIpc) is 3.31. The van der Waals surface area contributed by atoms with Crippen LogP contribution in [0.2, 0.25) is 0 Å². The normalized spacial score (nSPS) is 17.4. The summed E-state index contributed by atoms with van der Waals surface area (Å²) in [6.45, 7) is 34.3. The van der Waals surface area contributed by atoms with Crippen molar-refractivity contribution < 1.29 is 4.79 Å². The van der Waals surface area contributed by atoms with E-state index in [9.17, 15) is 4.79 Å². The second kappa shape index (κ2) is 18.3. The number of nitrogens with one attached hydrogen (secondary N) is 2. The van der Waals surface area contributed by atoms with Crippen LogP contribution in [0.1, 0.15) is 109 Å². The molecule has 2 heterocycles. The van der Waals surface area contributed by atoms with E-state index < -0.39 is 0 Å². The van der Waals surface area contributed by atoms with E-state index in [1.807, 2.05) is 0 Å². The summed E-state index contributed by atoms with van der Waals surface area (Å²) in [5, 5.41) is 16.2. The predicted octanol–water partition coefficient (Wildman–Crippen LogP) is 5.48. The molecule has 0 spiro atoms. The largest absolute Gasteiger partial charge is 0.314 e. The molecule has 1 aromatic rings. The molecule has 0 radical (unpaired) electrons. The third kappa shape index (κ3) is 14.1. The first-order valence-electron chi connectivity index (χ1n) is 15.9. The highest BCUT2D eigenvalue weighted by atomic mass is 16.1. The summed E-state index contributed by atoms with van der Waals surface area (Å²) in [4.78, 5) is 16.8. The summed E-state index contributed by atoms with van der Waals surface area (Å²) in [7, 11) is 0. The van der Waals surface area contributed by atoms with E-state index in [1.165, 1.54) is 6.42 Å². The lowest BCUT2D eigenvalue weighted by Crippen LogP contribution is -2.49. The summed E-state index contributed by atoms with van der Waals surface area (Å²) in [6, 6.07) is 0. The molecule has 1 aliphatic heterocycles. The summed E-state index contributed by atoms with van der Waals surface area (Å²) >= 11 is 0. The van der Waals surface area contributed by atoms with E-state index in [2.05, 4.69) is 118 Å². The zero-order valence-corrected chi connectivity index (χ0v) is 28.2. The van der Waals surface area contributed by atoms with Crippen LogP contribution in [0.15, 0.2) is 6.20 Å². The molecule has 0 amide bonds. The van der Waals surface area contributed by atoms with Crippen molar-refractivity contribution in [2.24, 2.45) is 16.2 Å². The molecular formula is C33H69N7O. The van der Waals surface area contributed by atoms with Gasteiger partial charge in [0, 0.05) is 77.1 Å². The molecule has 0 atom stereocenters. The first-order chi connectivity index (χ1) is 18.6. The van der Waals surface area contributed by atoms with Gasteiger partial charge < -0.3 is 25.2 Å². The zero-order valence-electron chi connectivity index (χ0n) is 28.2. The van der Waals surface area contributed by atoms with Crippen molar-refractivity contribution in [3.63, 3.8) is 0 Å². The molecule has 242 valence electrons. The van der Waals surface area contributed by atoms with Gasteiger partial charge in [0.25, 0.3) is 0 Å². The van der Waals surface area contributed by atoms with Crippen molar-refractivity contribution in [2.45, 2.75) is 115 Å². The number of hydrogen-bond acceptors (Lipinski definition) is 7. The van der Waals surface area contributed by atoms with Gasteiger partial charge in [-0.05, 0) is 37.5 Å². The van der Waals surface area contributed by atoms with E-state index in [0.29, 0.717) is 0 Å². The van der Waals surface area contributed by atoms with E-state index in [0.717, 1.165) is 96.7 Å². The summed E-state index contributed by atoms with van der Waals surface area (Å²) in [6.07, 6.45) is 7.62. The lowest BCUT2D eigenvalue weighted by molar-refractivity contribution is -0.120. The third-order valence-electron chi connectivity index (χ3n) is 8.31. The van der Waals surface area contributed by atoms with Crippen molar-refractivity contribution in [2.75, 3.05) is 65.4 Å². The fraction of sp³-hybridized carbons (Fsp3) is 0.909. The van der Waals surface area contributed by atoms with Gasteiger partial charge in [-0.3, -0.25) is 0 Å². The maximum absolute atomic E-state index is 11.7. The minimum atomic E-state index is -0.342. The molecule has 8 heteroatoms. The highest BCUT2D eigenvalue weighted by molar-refractivity contribution is 5.59. The molecule has 1 aromatic heterocycles. The molecule has 8 nitrogen and oxygen atoms in total. The van der Waals surface area contributed by atoms with Crippen molar-refractivity contribution in [3.8, 4) is 0 Å². The molecule has 41 heavy (non-hydrogen) atoms. The van der Waals surface area contributed by atoms with Gasteiger partial charge in [-0.15, -0.1) is 5.10 Å². The molecule has 0 saturated carbocycles. The van der Waals surface area contributed by atoms with Crippen LogP contribution in [0.5, 0.6) is 0 Å². The number of aryl methyl sites for hydroxylation is 1. The Balaban J connectivity index is 0.00000382. The van der Waals surface area contributed by atoms with Crippen LogP contribution in [0.4, 0.5) is 0 Å². The van der Waals surface area contributed by atoms with Crippen LogP contribution in [0.3, 0.4) is 0 Å². The maximum Gasteiger partial charge on any atom is 0.126 e. The second-order valence-electron chi connectivity index (χ2n) is 14.5. The van der Waals surface area contributed by atoms with E-state index in [-0.39, 0.29) is 29.2 Å². The van der Waals surface area contributed by atoms with Crippen LogP contribution in [0, 0.1) is 16.2 Å². The minimum absolute atomic E-state index is 0. The number of rotatable bonds is 11. The monoisotopic (exact) mass is 580 g/mol. The van der Waals surface area contributed by atoms with Crippen LogP contribution in [0.25, 0.3) is 0 Å². The molecule has 0 unspecified atom stereocenters. The zero-order chi connectivity index (χ0) is 30.5. The lowest BCUT2D eigenvalue weighted by Gasteiger charge is -2.41. The molecule has 0 bridgehead atoms. The summed E-state index contributed by atoms with van der Waals surface area (Å²) in [5.74, 6) is 0. The number of carbonyl (C=O) groups is 1. The second-order valence-corrected chi connectivity index (χ2v) is 14.5. The highest BCUT2D eigenvalue weighted by Crippen LogP contribution is 2.37. The first kappa shape index (κ1) is 39.6. The number of aldehydes is 1. The Kier molecular flexibility index (Phi) is 17.7. The minimum Gasteiger partial charge on any atom is -0.314 e. The maximum atomic E-state index is 11.7. The van der Waals surface area contributed by atoms with Gasteiger partial charge in [0.1, 0.15) is 6.29 Å². The Bertz CT molecular complexity index is 817. The predicted molar refractivity (Wildman–Crippen MR) is 177 cm³/mol. The molecule has 1 aliphatic rings. The quantitative estimate of drug-likeness (QED) is 0.336. The van der Waals surface area contributed by atoms with Crippen molar-refractivity contribution in [1.29, 1.82) is 0 Å². The van der Waals surface area contributed by atoms with Crippen LogP contribution < -0.4 is 10.6 Å². The fourth-order valence-electron chi connectivity index (χ4n) is 5.54. The molecule has 1 fully saturated rings. The fourth-order valence-corrected chi connectivity index (χ4v) is 5.54. The number of carbonyl (C=O) groups excluding carboxylic acids is 1. The van der Waals surface area contributed by atoms with Crippen molar-refractivity contribution >= 4 is 6.29 Å². The Hall–Kier alpha value is -1.35. The summed E-state index contributed by atoms with van der Waals surface area (Å²) in [5.41, 5.74) is 0.728. The van der Waals surface area contributed by atoms with Gasteiger partial charge in [-0.25, -0.2) is 4.68 Å². The van der Waals surface area contributed by atoms with E-state index in [4.69, 9.17) is 0 Å². The van der Waals surface area contributed by atoms with Crippen LogP contribution >= 0.6 is 0 Å². The number of aromatic nitrogens is 3. The SMILES string of the molecule is C.CCC.CCCc1cn(C(C)(C)CC(C)(C)CN2CCNCCN(CC(C)(C)C(C)(C)C=O)CCNCC2)nn1. The Labute approximate surface area is 254 Å². The molecule has 0 aliphatic carbocycles. The summed E-state index contributed by atoms with van der Waals surface area (Å²) < 4.78 is 2.07. The van der Waals surface area contributed by atoms with Crippen LogP contribution in [-0.2, 0) is 16.8 Å². The standard InChI is InChI=1S/C29H57N7O.C3H8.CH4/c1-10-11-25-20-36(33-32-25)29(8,9)21-26(2,3)22-34-16-12-30-14-18-35(19-15-31-13-17-34)23-27(4,5)28(6,7)24-37;1-3-2;/h20,24,30-31H,10-19,21-23H2,1-9H3;3H2,1-2H3;1H4. The van der Waals surface area contributed by atoms with Gasteiger partial charge >= 0.3 is 0 Å². The van der Waals surface area contributed by atoms with Gasteiger partial charge in [0.05, 0.1) is 11.2 Å². The Morgan fingerprint density at radius 3 is 1.73 bits per heavy atom. The van der Waals surface area contributed by atoms with E-state index >= 15 is 0 Å². The first-order valence-corrected chi connectivity index (χ1v) is 15.9. The molecule has 1 saturated heterocycles. The van der Waals surface area contributed by atoms with Gasteiger partial charge in [-0.2, -0.15) is 0 Å². The van der Waals surface area contributed by atoms with Crippen molar-refractivity contribution in [1.82, 2.24) is 35.4 Å². The van der Waals surface area contributed by atoms with Crippen LogP contribution in [-0.4, -0.2) is 96.5 Å². The molecule has 2 N–H and O–H groups in total. The lowest BCUT2D eigenvalue weighted by atomic mass is 9.68. The third-order valence-corrected chi connectivity index (χ3v) is 8.31. The van der Waals surface area contributed by atoms with Gasteiger partial charge in [-0.1, -0.05) is 87.8 Å². The highest BCUT2D eigenvalue weighted by Gasteiger charge is 2.38. The number of hydrogen-bond donors (Lipinski definition) is 2. The average molecular weight is 580 g/mol. The van der Waals surface area contributed by atoms with Gasteiger partial charge in [0.2, 0.25) is 0 Å². The van der Waals surface area contributed by atoms with E-state index in [1.54, 1.807) is 0 Å². The molecule has 2 rings (SSSR count). The Morgan fingerprint density at radius 2 is 1.29 bits per heavy atom. The molecule has 0 aromatic carbocycles. The van der Waals surface area contributed by atoms with Gasteiger partial charge in [0.15, 0.2) is 0 Å². The van der Waals surface area contributed by atoms with Crippen molar-refractivity contribution in [3.05, 3.63) is 11.9 Å². The number of nitrogens with zero attached hydrogens (tertiary/aromatic N) is 5. The molecular weight excluding hydrogens is 510 g/mol. The Morgan fingerprint density at radius 1 is 0.829 bits per heavy atom. The smallest absolute Gasteiger partial charge is 0.126 e. The topological polar surface area (TPSA) is 78.3 Å².